The summed E-state index contributed by atoms with van der Waals surface area (Å²) in [6.07, 6.45) is 2.68. The Morgan fingerprint density at radius 2 is 2.00 bits per heavy atom. The van der Waals surface area contributed by atoms with Gasteiger partial charge in [0.1, 0.15) is 12.2 Å². The molecular weight excluding hydrogens is 268 g/mol. The summed E-state index contributed by atoms with van der Waals surface area (Å²) in [5.41, 5.74) is 1.13. The molecule has 1 aromatic rings. The first-order valence-electron chi connectivity index (χ1n) is 7.30. The summed E-state index contributed by atoms with van der Waals surface area (Å²) in [5, 5.41) is 9.34. The Hall–Kier alpha value is -1.20. The Morgan fingerprint density at radius 1 is 1.29 bits per heavy atom. The molecule has 21 heavy (non-hydrogen) atoms. The molecule has 0 spiro atoms. The number of rotatable bonds is 6. The summed E-state index contributed by atoms with van der Waals surface area (Å²) in [5.74, 6) is -0.630. The fraction of sp³-hybridized carbons (Fsp3) is 0.529. The minimum Gasteiger partial charge on any atom is -0.389 e. The van der Waals surface area contributed by atoms with Crippen molar-refractivity contribution in [3.63, 3.8) is 0 Å². The van der Waals surface area contributed by atoms with E-state index in [-0.39, 0.29) is 12.2 Å². The minimum atomic E-state index is -0.630. The van der Waals surface area contributed by atoms with Crippen LogP contribution in [0.3, 0.4) is 0 Å². The van der Waals surface area contributed by atoms with Gasteiger partial charge in [-0.3, -0.25) is 0 Å². The fourth-order valence-electron chi connectivity index (χ4n) is 2.29. The fourth-order valence-corrected chi connectivity index (χ4v) is 2.29. The summed E-state index contributed by atoms with van der Waals surface area (Å²) in [6, 6.07) is 10.0. The number of benzene rings is 1. The van der Waals surface area contributed by atoms with E-state index in [1.165, 1.54) is 0 Å². The van der Waals surface area contributed by atoms with Crippen LogP contribution in [0.4, 0.5) is 0 Å². The van der Waals surface area contributed by atoms with Gasteiger partial charge in [0.25, 0.3) is 0 Å². The van der Waals surface area contributed by atoms with Crippen LogP contribution < -0.4 is 0 Å². The maximum atomic E-state index is 9.34. The quantitative estimate of drug-likeness (QED) is 0.819. The molecular formula is C17H24O4. The van der Waals surface area contributed by atoms with Crippen LogP contribution in [0.25, 0.3) is 0 Å². The minimum absolute atomic E-state index is 0.168. The van der Waals surface area contributed by atoms with Gasteiger partial charge in [0, 0.05) is 0 Å². The van der Waals surface area contributed by atoms with Crippen LogP contribution in [0.1, 0.15) is 26.3 Å². The van der Waals surface area contributed by atoms with Crippen molar-refractivity contribution in [2.24, 2.45) is 0 Å². The normalized spacial score (nSPS) is 26.3. The van der Waals surface area contributed by atoms with Crippen LogP contribution in [-0.4, -0.2) is 35.8 Å². The van der Waals surface area contributed by atoms with Crippen LogP contribution in [0.5, 0.6) is 0 Å². The number of aliphatic hydroxyl groups excluding tert-OH is 1. The van der Waals surface area contributed by atoms with Gasteiger partial charge in [0.2, 0.25) is 0 Å². The lowest BCUT2D eigenvalue weighted by Crippen LogP contribution is -2.26. The summed E-state index contributed by atoms with van der Waals surface area (Å²) in [7, 11) is 0. The van der Waals surface area contributed by atoms with E-state index in [1.807, 2.05) is 50.3 Å². The van der Waals surface area contributed by atoms with Crippen molar-refractivity contribution >= 4 is 0 Å². The van der Waals surface area contributed by atoms with Gasteiger partial charge in [-0.05, 0) is 26.3 Å². The molecule has 1 fully saturated rings. The first kappa shape index (κ1) is 16.2. The third kappa shape index (κ3) is 5.25. The van der Waals surface area contributed by atoms with Gasteiger partial charge < -0.3 is 19.3 Å². The first-order valence-corrected chi connectivity index (χ1v) is 7.30. The van der Waals surface area contributed by atoms with Crippen molar-refractivity contribution < 1.29 is 19.3 Å². The van der Waals surface area contributed by atoms with Crippen LogP contribution >= 0.6 is 0 Å². The smallest absolute Gasteiger partial charge is 0.164 e. The molecule has 1 heterocycles. The molecule has 0 bridgehead atoms. The van der Waals surface area contributed by atoms with Gasteiger partial charge in [-0.25, -0.2) is 0 Å². The van der Waals surface area contributed by atoms with Crippen LogP contribution in [0, 0.1) is 0 Å². The van der Waals surface area contributed by atoms with Gasteiger partial charge in [-0.2, -0.15) is 0 Å². The molecule has 1 saturated heterocycles. The SMILES string of the molecule is C[C@@H](O)/C=C/[C@@H]1OC(C)(C)O[C@H]1COCc1ccccc1. The van der Waals surface area contributed by atoms with E-state index < -0.39 is 11.9 Å². The Morgan fingerprint density at radius 3 is 2.67 bits per heavy atom. The lowest BCUT2D eigenvalue weighted by molar-refractivity contribution is -0.148. The highest BCUT2D eigenvalue weighted by Crippen LogP contribution is 2.29. The Labute approximate surface area is 126 Å². The molecule has 1 aromatic carbocycles. The number of ether oxygens (including phenoxy) is 3. The van der Waals surface area contributed by atoms with Gasteiger partial charge in [-0.15, -0.1) is 0 Å². The molecule has 0 unspecified atom stereocenters. The number of aliphatic hydroxyl groups is 1. The average Bonchev–Trinajstić information content (AvgIpc) is 2.72. The highest BCUT2D eigenvalue weighted by Gasteiger charge is 2.39. The van der Waals surface area contributed by atoms with Crippen molar-refractivity contribution in [1.29, 1.82) is 0 Å². The predicted molar refractivity (Wildman–Crippen MR) is 80.7 cm³/mol. The molecule has 0 saturated carbocycles. The molecule has 1 aliphatic heterocycles. The van der Waals surface area contributed by atoms with E-state index in [1.54, 1.807) is 13.0 Å². The monoisotopic (exact) mass is 292 g/mol. The largest absolute Gasteiger partial charge is 0.389 e. The van der Waals surface area contributed by atoms with Crippen molar-refractivity contribution in [1.82, 2.24) is 0 Å². The zero-order valence-electron chi connectivity index (χ0n) is 12.9. The topological polar surface area (TPSA) is 47.9 Å². The van der Waals surface area contributed by atoms with E-state index >= 15 is 0 Å². The van der Waals surface area contributed by atoms with Crippen molar-refractivity contribution in [3.8, 4) is 0 Å². The van der Waals surface area contributed by atoms with Crippen molar-refractivity contribution in [3.05, 3.63) is 48.0 Å². The van der Waals surface area contributed by atoms with E-state index in [2.05, 4.69) is 0 Å². The summed E-state index contributed by atoms with van der Waals surface area (Å²) in [4.78, 5) is 0. The lowest BCUT2D eigenvalue weighted by Gasteiger charge is -2.16. The van der Waals surface area contributed by atoms with E-state index in [0.29, 0.717) is 13.2 Å². The third-order valence-corrected chi connectivity index (χ3v) is 3.19. The first-order chi connectivity index (χ1) is 9.96. The van der Waals surface area contributed by atoms with Gasteiger partial charge in [0.15, 0.2) is 5.79 Å². The van der Waals surface area contributed by atoms with Gasteiger partial charge in [-0.1, -0.05) is 42.5 Å². The standard InChI is InChI=1S/C17H24O4/c1-13(18)9-10-15-16(21-17(2,3)20-15)12-19-11-14-7-5-4-6-8-14/h4-10,13,15-16,18H,11-12H2,1-3H3/b10-9+/t13-,15+,16+/m1/s1. The lowest BCUT2D eigenvalue weighted by atomic mass is 10.2. The van der Waals surface area contributed by atoms with Crippen LogP contribution in [0.2, 0.25) is 0 Å². The maximum absolute atomic E-state index is 9.34. The second-order valence-corrected chi connectivity index (χ2v) is 5.76. The zero-order chi connectivity index (χ0) is 15.3. The second-order valence-electron chi connectivity index (χ2n) is 5.76. The van der Waals surface area contributed by atoms with Gasteiger partial charge >= 0.3 is 0 Å². The molecule has 2 rings (SSSR count). The van der Waals surface area contributed by atoms with E-state index in [4.69, 9.17) is 14.2 Å². The average molecular weight is 292 g/mol. The Balaban J connectivity index is 1.87. The molecule has 0 aromatic heterocycles. The molecule has 3 atom stereocenters. The molecule has 1 N–H and O–H groups in total. The summed E-state index contributed by atoms with van der Waals surface area (Å²) < 4.78 is 17.4. The van der Waals surface area contributed by atoms with E-state index in [9.17, 15) is 5.11 Å². The third-order valence-electron chi connectivity index (χ3n) is 3.19. The summed E-state index contributed by atoms with van der Waals surface area (Å²) in [6.45, 7) is 6.47. The Bertz CT molecular complexity index is 453. The summed E-state index contributed by atoms with van der Waals surface area (Å²) >= 11 is 0. The predicted octanol–water partition coefficient (Wildman–Crippen LogP) is 2.66. The molecule has 0 radical (unpaired) electrons. The molecule has 1 aliphatic rings. The zero-order valence-corrected chi connectivity index (χ0v) is 12.9. The van der Waals surface area contributed by atoms with Crippen LogP contribution in [-0.2, 0) is 20.8 Å². The van der Waals surface area contributed by atoms with Gasteiger partial charge in [0.05, 0.1) is 19.3 Å². The maximum Gasteiger partial charge on any atom is 0.164 e. The van der Waals surface area contributed by atoms with Crippen LogP contribution in [0.15, 0.2) is 42.5 Å². The molecule has 116 valence electrons. The van der Waals surface area contributed by atoms with Crippen molar-refractivity contribution in [2.45, 2.75) is 51.5 Å². The second kappa shape index (κ2) is 7.18. The molecule has 0 aliphatic carbocycles. The highest BCUT2D eigenvalue weighted by molar-refractivity contribution is 5.13. The molecule has 4 heteroatoms. The van der Waals surface area contributed by atoms with E-state index in [0.717, 1.165) is 5.56 Å². The highest BCUT2D eigenvalue weighted by atomic mass is 16.8. The Kier molecular flexibility index (Phi) is 5.53. The molecule has 0 amide bonds. The number of hydrogen-bond acceptors (Lipinski definition) is 4. The molecule has 4 nitrogen and oxygen atoms in total. The number of hydrogen-bond donors (Lipinski definition) is 1. The van der Waals surface area contributed by atoms with Crippen molar-refractivity contribution in [2.75, 3.05) is 6.61 Å².